The molecule has 4 aliphatic rings. The van der Waals surface area contributed by atoms with E-state index in [1.807, 2.05) is 43.6 Å². The van der Waals surface area contributed by atoms with Crippen molar-refractivity contribution in [2.45, 2.75) is 56.5 Å². The van der Waals surface area contributed by atoms with Crippen LogP contribution >= 0.6 is 22.9 Å². The maximum Gasteiger partial charge on any atom is 0.224 e. The fraction of sp³-hybridized carbons (Fsp3) is 0.357. The lowest BCUT2D eigenvalue weighted by atomic mass is 9.97. The number of fused-ring (bicyclic) bond motifs is 6. The van der Waals surface area contributed by atoms with Crippen molar-refractivity contribution >= 4 is 34.6 Å². The first-order valence-electron chi connectivity index (χ1n) is 13.0. The number of halogens is 1. The van der Waals surface area contributed by atoms with E-state index >= 15 is 0 Å². The van der Waals surface area contributed by atoms with E-state index in [4.69, 9.17) is 16.6 Å². The normalized spacial score (nSPS) is 21.2. The third-order valence-corrected chi connectivity index (χ3v) is 9.98. The third-order valence-electron chi connectivity index (χ3n) is 8.41. The summed E-state index contributed by atoms with van der Waals surface area (Å²) in [6.07, 6.45) is 10.2. The monoisotopic (exact) mass is 541 g/mol. The number of amides is 1. The lowest BCUT2D eigenvalue weighted by Gasteiger charge is -2.20. The highest BCUT2D eigenvalue weighted by Gasteiger charge is 2.53. The van der Waals surface area contributed by atoms with Crippen LogP contribution in [0.1, 0.15) is 64.5 Å². The zero-order chi connectivity index (χ0) is 25.6. The zero-order valence-electron chi connectivity index (χ0n) is 20.7. The number of carbonyl (C=O) groups excluding carboxylic acids is 1. The second kappa shape index (κ2) is 7.80. The molecule has 1 amide bonds. The first kappa shape index (κ1) is 22.5. The van der Waals surface area contributed by atoms with E-state index in [9.17, 15) is 4.79 Å². The molecule has 2 saturated carbocycles. The minimum atomic E-state index is -0.368. The zero-order valence-corrected chi connectivity index (χ0v) is 22.3. The summed E-state index contributed by atoms with van der Waals surface area (Å²) in [6, 6.07) is 7.91. The average molecular weight is 542 g/mol. The first-order valence-corrected chi connectivity index (χ1v) is 14.2. The largest absolute Gasteiger partial charge is 0.346 e. The van der Waals surface area contributed by atoms with Crippen LogP contribution < -0.4 is 5.32 Å². The van der Waals surface area contributed by atoms with E-state index < -0.39 is 0 Å². The molecule has 1 aromatic carbocycles. The highest BCUT2D eigenvalue weighted by atomic mass is 35.5. The number of hydrogen-bond acceptors (Lipinski definition) is 7. The van der Waals surface area contributed by atoms with Crippen LogP contribution in [0.25, 0.3) is 5.00 Å². The van der Waals surface area contributed by atoms with Crippen molar-refractivity contribution < 1.29 is 4.79 Å². The molecule has 190 valence electrons. The van der Waals surface area contributed by atoms with Gasteiger partial charge in [-0.25, -0.2) is 9.97 Å². The van der Waals surface area contributed by atoms with Crippen molar-refractivity contribution in [2.75, 3.05) is 0 Å². The standard InChI is InChI=1S/C28H24ClN7OS/c1-15-34-35-26-28(8-9-28)32-23(18-4-2-3-5-20(18)29)22-19-10-16(11-21(19)38-25(22)36(15)26)24(37)33-27(6-7-27)17-12-30-14-31-13-17/h2-5,12-14,16H,6-11H2,1H3,(H,33,37)/t16-/m0/s1. The molecule has 38 heavy (non-hydrogen) atoms. The van der Waals surface area contributed by atoms with Gasteiger partial charge in [0.05, 0.1) is 11.3 Å². The van der Waals surface area contributed by atoms with Gasteiger partial charge in [-0.05, 0) is 57.1 Å². The van der Waals surface area contributed by atoms with Gasteiger partial charge in [-0.15, -0.1) is 21.5 Å². The van der Waals surface area contributed by atoms with Crippen LogP contribution in [0.15, 0.2) is 48.0 Å². The molecule has 4 heterocycles. The Hall–Kier alpha value is -3.43. The van der Waals surface area contributed by atoms with Gasteiger partial charge >= 0.3 is 0 Å². The summed E-state index contributed by atoms with van der Waals surface area (Å²) in [5.74, 6) is 1.73. The van der Waals surface area contributed by atoms with Gasteiger partial charge in [0.15, 0.2) is 5.82 Å². The Bertz CT molecular complexity index is 1670. The Kier molecular flexibility index (Phi) is 4.63. The summed E-state index contributed by atoms with van der Waals surface area (Å²) < 4.78 is 2.20. The van der Waals surface area contributed by atoms with Crippen LogP contribution in [0.5, 0.6) is 0 Å². The average Bonchev–Trinajstić information content (AvgIpc) is 3.76. The number of carbonyl (C=O) groups is 1. The van der Waals surface area contributed by atoms with E-state index in [2.05, 4.69) is 30.0 Å². The van der Waals surface area contributed by atoms with E-state index in [1.54, 1.807) is 11.3 Å². The second-order valence-electron chi connectivity index (χ2n) is 10.9. The third kappa shape index (κ3) is 3.21. The number of benzene rings is 1. The Labute approximate surface area is 228 Å². The molecule has 0 saturated heterocycles. The second-order valence-corrected chi connectivity index (χ2v) is 12.4. The van der Waals surface area contributed by atoms with E-state index in [0.29, 0.717) is 17.9 Å². The summed E-state index contributed by atoms with van der Waals surface area (Å²) >= 11 is 8.50. The molecular weight excluding hydrogens is 518 g/mol. The van der Waals surface area contributed by atoms with Crippen LogP contribution in [0.3, 0.4) is 0 Å². The Morgan fingerprint density at radius 3 is 2.63 bits per heavy atom. The summed E-state index contributed by atoms with van der Waals surface area (Å²) in [5, 5.41) is 14.1. The highest BCUT2D eigenvalue weighted by Crippen LogP contribution is 2.54. The topological polar surface area (TPSA) is 98.0 Å². The van der Waals surface area contributed by atoms with Crippen molar-refractivity contribution in [1.82, 2.24) is 30.0 Å². The Balaban J connectivity index is 1.21. The van der Waals surface area contributed by atoms with Crippen molar-refractivity contribution in [1.29, 1.82) is 0 Å². The maximum atomic E-state index is 13.6. The maximum absolute atomic E-state index is 13.6. The highest BCUT2D eigenvalue weighted by molar-refractivity contribution is 7.15. The van der Waals surface area contributed by atoms with Gasteiger partial charge in [-0.1, -0.05) is 29.8 Å². The minimum Gasteiger partial charge on any atom is -0.346 e. The predicted molar refractivity (Wildman–Crippen MR) is 144 cm³/mol. The van der Waals surface area contributed by atoms with Gasteiger partial charge in [0.1, 0.15) is 22.7 Å². The van der Waals surface area contributed by atoms with Crippen LogP contribution in [-0.2, 0) is 28.7 Å². The van der Waals surface area contributed by atoms with Crippen LogP contribution in [-0.4, -0.2) is 36.4 Å². The molecule has 2 fully saturated rings. The summed E-state index contributed by atoms with van der Waals surface area (Å²) in [6.45, 7) is 2.00. The Morgan fingerprint density at radius 2 is 1.89 bits per heavy atom. The van der Waals surface area contributed by atoms with Gasteiger partial charge in [-0.3, -0.25) is 14.4 Å². The summed E-state index contributed by atoms with van der Waals surface area (Å²) in [4.78, 5) is 28.5. The van der Waals surface area contributed by atoms with Gasteiger partial charge in [-0.2, -0.15) is 0 Å². The van der Waals surface area contributed by atoms with Crippen LogP contribution in [0.4, 0.5) is 0 Å². The number of nitrogens with zero attached hydrogens (tertiary/aromatic N) is 6. The van der Waals surface area contributed by atoms with Crippen LogP contribution in [0, 0.1) is 12.8 Å². The molecule has 8 nitrogen and oxygen atoms in total. The van der Waals surface area contributed by atoms with Gasteiger partial charge in [0.2, 0.25) is 5.91 Å². The lowest BCUT2D eigenvalue weighted by Crippen LogP contribution is -2.39. The number of thiophene rings is 1. The predicted octanol–water partition coefficient (Wildman–Crippen LogP) is 4.44. The van der Waals surface area contributed by atoms with E-state index in [1.165, 1.54) is 16.8 Å². The molecular formula is C28H24ClN7OS. The first-order chi connectivity index (χ1) is 18.5. The van der Waals surface area contributed by atoms with Gasteiger partial charge in [0, 0.05) is 44.9 Å². The molecule has 1 atom stereocenters. The molecule has 1 N–H and O–H groups in total. The number of aryl methyl sites for hydroxylation is 1. The molecule has 0 radical (unpaired) electrons. The van der Waals surface area contributed by atoms with Crippen molar-refractivity contribution in [3.05, 3.63) is 86.8 Å². The molecule has 8 rings (SSSR count). The fourth-order valence-electron chi connectivity index (χ4n) is 6.03. The number of aliphatic imine (C=N–C) groups is 1. The summed E-state index contributed by atoms with van der Waals surface area (Å²) in [5.41, 5.74) is 4.40. The van der Waals surface area contributed by atoms with Crippen molar-refractivity contribution in [2.24, 2.45) is 10.9 Å². The molecule has 4 aromatic rings. The van der Waals surface area contributed by atoms with Crippen LogP contribution in [0.2, 0.25) is 5.02 Å². The molecule has 0 bridgehead atoms. The van der Waals surface area contributed by atoms with Crippen molar-refractivity contribution in [3.63, 3.8) is 0 Å². The number of hydrogen-bond donors (Lipinski definition) is 1. The molecule has 1 aliphatic heterocycles. The SMILES string of the molecule is Cc1nnc2n1-c1sc3c(c1C(c1ccccc1Cl)=NC21CC1)C[C@H](C(=O)NC1(c2cncnc2)CC1)C3. The molecule has 1 spiro atoms. The minimum absolute atomic E-state index is 0.0909. The quantitative estimate of drug-likeness (QED) is 0.412. The number of aromatic nitrogens is 5. The molecule has 0 unspecified atom stereocenters. The summed E-state index contributed by atoms with van der Waals surface area (Å²) in [7, 11) is 0. The van der Waals surface area contributed by atoms with Gasteiger partial charge < -0.3 is 5.32 Å². The Morgan fingerprint density at radius 1 is 1.11 bits per heavy atom. The van der Waals surface area contributed by atoms with E-state index in [0.717, 1.165) is 64.7 Å². The van der Waals surface area contributed by atoms with Gasteiger partial charge in [0.25, 0.3) is 0 Å². The van der Waals surface area contributed by atoms with E-state index in [-0.39, 0.29) is 22.9 Å². The molecule has 10 heteroatoms. The fourth-order valence-corrected chi connectivity index (χ4v) is 7.72. The number of rotatable bonds is 4. The number of nitrogens with one attached hydrogen (secondary N) is 1. The molecule has 3 aliphatic carbocycles. The molecule has 3 aromatic heterocycles. The smallest absolute Gasteiger partial charge is 0.224 e. The van der Waals surface area contributed by atoms with Crippen molar-refractivity contribution in [3.8, 4) is 5.00 Å². The lowest BCUT2D eigenvalue weighted by molar-refractivity contribution is -0.125.